The number of carbonyl (C=O) groups is 1. The summed E-state index contributed by atoms with van der Waals surface area (Å²) in [5.74, 6) is 2.16. The van der Waals surface area contributed by atoms with Crippen LogP contribution in [-0.4, -0.2) is 22.4 Å². The zero-order valence-corrected chi connectivity index (χ0v) is 19.7. The van der Waals surface area contributed by atoms with Crippen molar-refractivity contribution in [2.24, 2.45) is 5.92 Å². The number of carbonyl (C=O) groups excluding carboxylic acids is 1. The van der Waals surface area contributed by atoms with Crippen LogP contribution in [0.25, 0.3) is 11.4 Å². The highest BCUT2D eigenvalue weighted by Crippen LogP contribution is 2.23. The summed E-state index contributed by atoms with van der Waals surface area (Å²) in [6.45, 7) is 6.67. The van der Waals surface area contributed by atoms with Crippen LogP contribution < -0.4 is 4.74 Å². The van der Waals surface area contributed by atoms with Crippen molar-refractivity contribution in [3.05, 3.63) is 42.2 Å². The van der Waals surface area contributed by atoms with E-state index in [1.54, 1.807) is 0 Å². The van der Waals surface area contributed by atoms with E-state index in [-0.39, 0.29) is 6.10 Å². The highest BCUT2D eigenvalue weighted by molar-refractivity contribution is 5.56. The fraction of sp³-hybridized carbons (Fsp3) is 0.593. The van der Waals surface area contributed by atoms with Gasteiger partial charge in [-0.05, 0) is 61.4 Å². The summed E-state index contributed by atoms with van der Waals surface area (Å²) in [6, 6.07) is 7.98. The predicted molar refractivity (Wildman–Crippen MR) is 128 cm³/mol. The zero-order valence-electron chi connectivity index (χ0n) is 19.7. The van der Waals surface area contributed by atoms with Crippen molar-refractivity contribution in [2.75, 3.05) is 0 Å². The maximum absolute atomic E-state index is 10.8. The standard InChI is InChI=1S/C27H40N2O2/c1-4-6-7-8-9-10-12-23-20-28-27(29-21-23)24-14-16-25(17-15-24)31-26(13-11-18-30)19-22(3)5-2/h14-18,20-22,26H,4-13,19H2,1-3H3/t22?,26-/m0/s1. The summed E-state index contributed by atoms with van der Waals surface area (Å²) in [5.41, 5.74) is 2.20. The lowest BCUT2D eigenvalue weighted by Crippen LogP contribution is -2.20. The third kappa shape index (κ3) is 9.63. The van der Waals surface area contributed by atoms with Gasteiger partial charge in [-0.15, -0.1) is 0 Å². The molecule has 0 aliphatic rings. The highest BCUT2D eigenvalue weighted by Gasteiger charge is 2.14. The molecule has 1 heterocycles. The quantitative estimate of drug-likeness (QED) is 0.211. The molecule has 0 amide bonds. The van der Waals surface area contributed by atoms with Crippen LogP contribution in [-0.2, 0) is 11.2 Å². The van der Waals surface area contributed by atoms with Gasteiger partial charge in [-0.1, -0.05) is 59.3 Å². The molecule has 0 N–H and O–H groups in total. The number of benzene rings is 1. The van der Waals surface area contributed by atoms with E-state index in [1.807, 2.05) is 36.7 Å². The van der Waals surface area contributed by atoms with E-state index in [2.05, 4.69) is 30.7 Å². The Bertz CT molecular complexity index is 728. The lowest BCUT2D eigenvalue weighted by molar-refractivity contribution is -0.108. The van der Waals surface area contributed by atoms with Crippen molar-refractivity contribution in [2.45, 2.75) is 97.5 Å². The van der Waals surface area contributed by atoms with Gasteiger partial charge in [0, 0.05) is 24.4 Å². The van der Waals surface area contributed by atoms with Gasteiger partial charge < -0.3 is 9.53 Å². The fourth-order valence-electron chi connectivity index (χ4n) is 3.71. The minimum atomic E-state index is 0.0727. The van der Waals surface area contributed by atoms with E-state index in [4.69, 9.17) is 4.74 Å². The molecule has 0 fully saturated rings. The molecule has 170 valence electrons. The van der Waals surface area contributed by atoms with Crippen LogP contribution in [0.5, 0.6) is 5.75 Å². The molecular weight excluding hydrogens is 384 g/mol. The molecule has 2 rings (SSSR count). The summed E-state index contributed by atoms with van der Waals surface area (Å²) in [4.78, 5) is 19.9. The molecule has 0 aliphatic carbocycles. The first-order chi connectivity index (χ1) is 15.2. The van der Waals surface area contributed by atoms with Crippen molar-refractivity contribution < 1.29 is 9.53 Å². The summed E-state index contributed by atoms with van der Waals surface area (Å²) in [7, 11) is 0. The summed E-state index contributed by atoms with van der Waals surface area (Å²) >= 11 is 0. The molecule has 0 spiro atoms. The summed E-state index contributed by atoms with van der Waals surface area (Å²) in [5, 5.41) is 0. The molecule has 0 saturated carbocycles. The van der Waals surface area contributed by atoms with Crippen LogP contribution in [0.15, 0.2) is 36.7 Å². The molecule has 0 saturated heterocycles. The molecule has 4 heteroatoms. The van der Waals surface area contributed by atoms with E-state index < -0.39 is 0 Å². The van der Waals surface area contributed by atoms with Gasteiger partial charge in [0.1, 0.15) is 12.0 Å². The average molecular weight is 425 g/mol. The highest BCUT2D eigenvalue weighted by atomic mass is 16.5. The van der Waals surface area contributed by atoms with E-state index in [0.717, 1.165) is 49.1 Å². The third-order valence-corrected chi connectivity index (χ3v) is 5.91. The van der Waals surface area contributed by atoms with E-state index in [1.165, 1.54) is 44.1 Å². The molecule has 0 aliphatic heterocycles. The Morgan fingerprint density at radius 1 is 0.968 bits per heavy atom. The van der Waals surface area contributed by atoms with E-state index in [9.17, 15) is 4.79 Å². The van der Waals surface area contributed by atoms with E-state index in [0.29, 0.717) is 12.3 Å². The van der Waals surface area contributed by atoms with Gasteiger partial charge in [0.05, 0.1) is 6.10 Å². The Labute approximate surface area is 188 Å². The number of hydrogen-bond acceptors (Lipinski definition) is 4. The van der Waals surface area contributed by atoms with Crippen molar-refractivity contribution in [1.29, 1.82) is 0 Å². The molecule has 2 aromatic rings. The second-order valence-electron chi connectivity index (χ2n) is 8.69. The first-order valence-electron chi connectivity index (χ1n) is 12.2. The molecular formula is C27H40N2O2. The lowest BCUT2D eigenvalue weighted by atomic mass is 9.98. The van der Waals surface area contributed by atoms with E-state index >= 15 is 0 Å². The van der Waals surface area contributed by atoms with Crippen molar-refractivity contribution in [1.82, 2.24) is 9.97 Å². The second kappa shape index (κ2) is 14.7. The lowest BCUT2D eigenvalue weighted by Gasteiger charge is -2.21. The Hall–Kier alpha value is -2.23. The van der Waals surface area contributed by atoms with Crippen LogP contribution in [0.1, 0.15) is 90.5 Å². The third-order valence-electron chi connectivity index (χ3n) is 5.91. The van der Waals surface area contributed by atoms with Crippen molar-refractivity contribution in [3.8, 4) is 17.1 Å². The summed E-state index contributed by atoms with van der Waals surface area (Å²) < 4.78 is 6.18. The summed E-state index contributed by atoms with van der Waals surface area (Å²) in [6.07, 6.45) is 17.2. The van der Waals surface area contributed by atoms with Crippen LogP contribution in [0.4, 0.5) is 0 Å². The molecule has 4 nitrogen and oxygen atoms in total. The predicted octanol–water partition coefficient (Wildman–Crippen LogP) is 7.21. The number of aryl methyl sites for hydroxylation is 1. The normalized spacial score (nSPS) is 13.0. The average Bonchev–Trinajstić information content (AvgIpc) is 2.80. The Balaban J connectivity index is 1.87. The molecule has 31 heavy (non-hydrogen) atoms. The Kier molecular flexibility index (Phi) is 11.9. The monoisotopic (exact) mass is 424 g/mol. The number of aldehydes is 1. The number of unbranched alkanes of at least 4 members (excludes halogenated alkanes) is 5. The van der Waals surface area contributed by atoms with Crippen LogP contribution in [0, 0.1) is 5.92 Å². The van der Waals surface area contributed by atoms with Crippen molar-refractivity contribution >= 4 is 6.29 Å². The van der Waals surface area contributed by atoms with Gasteiger partial charge in [-0.25, -0.2) is 9.97 Å². The topological polar surface area (TPSA) is 52.1 Å². The first kappa shape index (κ1) is 25.0. The first-order valence-corrected chi connectivity index (χ1v) is 12.2. The van der Waals surface area contributed by atoms with Gasteiger partial charge >= 0.3 is 0 Å². The minimum absolute atomic E-state index is 0.0727. The molecule has 0 radical (unpaired) electrons. The Morgan fingerprint density at radius 3 is 2.29 bits per heavy atom. The van der Waals surface area contributed by atoms with Crippen LogP contribution >= 0.6 is 0 Å². The smallest absolute Gasteiger partial charge is 0.159 e. The zero-order chi connectivity index (χ0) is 22.3. The van der Waals surface area contributed by atoms with Gasteiger partial charge in [0.15, 0.2) is 5.82 Å². The Morgan fingerprint density at radius 2 is 1.65 bits per heavy atom. The number of hydrogen-bond donors (Lipinski definition) is 0. The van der Waals surface area contributed by atoms with Gasteiger partial charge in [0.2, 0.25) is 0 Å². The maximum Gasteiger partial charge on any atom is 0.159 e. The molecule has 1 unspecified atom stereocenters. The SMILES string of the molecule is CCCCCCCCc1cnc(-c2ccc(O[C@@H](CCC=O)CC(C)CC)cc2)nc1. The van der Waals surface area contributed by atoms with Crippen LogP contribution in [0.3, 0.4) is 0 Å². The molecule has 1 aromatic carbocycles. The fourth-order valence-corrected chi connectivity index (χ4v) is 3.71. The maximum atomic E-state index is 10.8. The van der Waals surface area contributed by atoms with Crippen LogP contribution in [0.2, 0.25) is 0 Å². The van der Waals surface area contributed by atoms with Gasteiger partial charge in [-0.3, -0.25) is 0 Å². The number of aromatic nitrogens is 2. The number of ether oxygens (including phenoxy) is 1. The molecule has 1 aromatic heterocycles. The second-order valence-corrected chi connectivity index (χ2v) is 8.69. The largest absolute Gasteiger partial charge is 0.490 e. The number of nitrogens with zero attached hydrogens (tertiary/aromatic N) is 2. The molecule has 0 bridgehead atoms. The van der Waals surface area contributed by atoms with Gasteiger partial charge in [-0.2, -0.15) is 0 Å². The van der Waals surface area contributed by atoms with Crippen molar-refractivity contribution in [3.63, 3.8) is 0 Å². The molecule has 2 atom stereocenters. The van der Waals surface area contributed by atoms with Gasteiger partial charge in [0.25, 0.3) is 0 Å². The number of rotatable bonds is 16. The minimum Gasteiger partial charge on any atom is -0.490 e.